The van der Waals surface area contributed by atoms with Gasteiger partial charge in [-0.1, -0.05) is 24.4 Å². The van der Waals surface area contributed by atoms with Gasteiger partial charge >= 0.3 is 0 Å². The zero-order valence-electron chi connectivity index (χ0n) is 10.8. The Labute approximate surface area is 118 Å². The van der Waals surface area contributed by atoms with Crippen LogP contribution in [0.2, 0.25) is 5.02 Å². The lowest BCUT2D eigenvalue weighted by Gasteiger charge is -2.27. The Balaban J connectivity index is 2.42. The summed E-state index contributed by atoms with van der Waals surface area (Å²) < 4.78 is 28.0. The van der Waals surface area contributed by atoms with Crippen molar-refractivity contribution in [3.63, 3.8) is 0 Å². The number of aryl methyl sites for hydroxylation is 1. The third-order valence-corrected chi connectivity index (χ3v) is 5.89. The molecule has 1 unspecified atom stereocenters. The lowest BCUT2D eigenvalue weighted by atomic mass is 10.1. The summed E-state index contributed by atoms with van der Waals surface area (Å²) in [5.74, 6) is 0. The van der Waals surface area contributed by atoms with Crippen LogP contribution in [0.1, 0.15) is 25.7 Å². The van der Waals surface area contributed by atoms with Crippen molar-refractivity contribution in [2.24, 2.45) is 7.05 Å². The molecule has 2 rings (SSSR count). The maximum absolute atomic E-state index is 12.7. The van der Waals surface area contributed by atoms with E-state index in [4.69, 9.17) is 11.6 Å². The molecule has 1 aromatic heterocycles. The number of hydrogen-bond acceptors (Lipinski definition) is 4. The van der Waals surface area contributed by atoms with E-state index in [0.29, 0.717) is 13.0 Å². The quantitative estimate of drug-likeness (QED) is 0.904. The monoisotopic (exact) mass is 307 g/mol. The minimum atomic E-state index is -3.72. The van der Waals surface area contributed by atoms with E-state index in [0.717, 1.165) is 19.3 Å². The van der Waals surface area contributed by atoms with Crippen LogP contribution in [0.3, 0.4) is 0 Å². The van der Waals surface area contributed by atoms with Gasteiger partial charge in [0.05, 0.1) is 17.8 Å². The van der Waals surface area contributed by atoms with Gasteiger partial charge in [0.2, 0.25) is 0 Å². The van der Waals surface area contributed by atoms with Crippen molar-refractivity contribution in [1.29, 1.82) is 0 Å². The molecule has 0 bridgehead atoms. The fraction of sp³-hybridized carbons (Fsp3) is 0.727. The van der Waals surface area contributed by atoms with E-state index in [1.807, 2.05) is 0 Å². The highest BCUT2D eigenvalue weighted by Crippen LogP contribution is 2.28. The number of hydrogen-bond donors (Lipinski definition) is 1. The van der Waals surface area contributed by atoms with Crippen LogP contribution >= 0.6 is 11.6 Å². The lowest BCUT2D eigenvalue weighted by molar-refractivity contribution is 0.186. The van der Waals surface area contributed by atoms with E-state index < -0.39 is 10.0 Å². The summed E-state index contributed by atoms with van der Waals surface area (Å²) >= 11 is 5.93. The summed E-state index contributed by atoms with van der Waals surface area (Å²) in [5, 5.41) is 13.4. The molecule has 0 saturated carbocycles. The number of nitrogens with zero attached hydrogens (tertiary/aromatic N) is 3. The van der Waals surface area contributed by atoms with Gasteiger partial charge in [-0.3, -0.25) is 4.68 Å². The second-order valence-corrected chi connectivity index (χ2v) is 6.94. The second-order valence-electron chi connectivity index (χ2n) is 4.72. The van der Waals surface area contributed by atoms with Crippen LogP contribution in [0, 0.1) is 0 Å². The summed E-state index contributed by atoms with van der Waals surface area (Å²) in [7, 11) is -2.18. The van der Waals surface area contributed by atoms with Crippen LogP contribution in [-0.2, 0) is 17.1 Å². The number of aromatic nitrogens is 2. The van der Waals surface area contributed by atoms with Gasteiger partial charge in [-0.05, 0) is 12.8 Å². The van der Waals surface area contributed by atoms with Gasteiger partial charge in [-0.2, -0.15) is 9.40 Å². The number of aliphatic hydroxyl groups is 1. The highest BCUT2D eigenvalue weighted by molar-refractivity contribution is 7.89. The third kappa shape index (κ3) is 2.79. The molecule has 108 valence electrons. The summed E-state index contributed by atoms with van der Waals surface area (Å²) in [6.45, 7) is 0.240. The Morgan fingerprint density at radius 2 is 2.21 bits per heavy atom. The summed E-state index contributed by atoms with van der Waals surface area (Å²) in [5.41, 5.74) is 0. The predicted molar refractivity (Wildman–Crippen MR) is 71.5 cm³/mol. The molecule has 8 heteroatoms. The van der Waals surface area contributed by atoms with Crippen LogP contribution in [-0.4, -0.2) is 46.8 Å². The molecule has 1 saturated heterocycles. The van der Waals surface area contributed by atoms with Gasteiger partial charge in [0.1, 0.15) is 0 Å². The molecular formula is C11H18ClN3O3S. The molecule has 0 spiro atoms. The zero-order valence-corrected chi connectivity index (χ0v) is 12.4. The SMILES string of the molecule is Cn1ncc(Cl)c1S(=O)(=O)N1CCCCCC1CO. The maximum atomic E-state index is 12.7. The van der Waals surface area contributed by atoms with Crippen molar-refractivity contribution in [2.45, 2.75) is 36.8 Å². The van der Waals surface area contributed by atoms with Gasteiger partial charge in [0, 0.05) is 19.6 Å². The Bertz CT molecular complexity index is 524. The molecule has 6 nitrogen and oxygen atoms in total. The van der Waals surface area contributed by atoms with Crippen molar-refractivity contribution >= 4 is 21.6 Å². The van der Waals surface area contributed by atoms with Crippen LogP contribution in [0.5, 0.6) is 0 Å². The highest BCUT2D eigenvalue weighted by Gasteiger charge is 2.35. The highest BCUT2D eigenvalue weighted by atomic mass is 35.5. The predicted octanol–water partition coefficient (Wildman–Crippen LogP) is 0.999. The molecule has 0 aliphatic carbocycles. The minimum Gasteiger partial charge on any atom is -0.395 e. The zero-order chi connectivity index (χ0) is 14.0. The van der Waals surface area contributed by atoms with Crippen LogP contribution < -0.4 is 0 Å². The number of halogens is 1. The smallest absolute Gasteiger partial charge is 0.262 e. The first-order chi connectivity index (χ1) is 8.98. The molecule has 1 aromatic rings. The average Bonchev–Trinajstić information content (AvgIpc) is 2.59. The largest absolute Gasteiger partial charge is 0.395 e. The lowest BCUT2D eigenvalue weighted by Crippen LogP contribution is -2.42. The molecule has 0 aromatic carbocycles. The summed E-state index contributed by atoms with van der Waals surface area (Å²) in [6.07, 6.45) is 4.69. The molecule has 1 fully saturated rings. The van der Waals surface area contributed by atoms with E-state index in [9.17, 15) is 13.5 Å². The molecule has 0 amide bonds. The summed E-state index contributed by atoms with van der Waals surface area (Å²) in [6, 6.07) is -0.376. The first-order valence-electron chi connectivity index (χ1n) is 6.28. The normalized spacial score (nSPS) is 22.4. The Kier molecular flexibility index (Phi) is 4.50. The topological polar surface area (TPSA) is 75.4 Å². The first kappa shape index (κ1) is 14.8. The molecule has 1 aliphatic heterocycles. The van der Waals surface area contributed by atoms with Crippen LogP contribution in [0.4, 0.5) is 0 Å². The van der Waals surface area contributed by atoms with Gasteiger partial charge < -0.3 is 5.11 Å². The van der Waals surface area contributed by atoms with E-state index >= 15 is 0 Å². The molecular weight excluding hydrogens is 290 g/mol. The number of rotatable bonds is 3. The molecule has 1 N–H and O–H groups in total. The molecule has 0 radical (unpaired) electrons. The first-order valence-corrected chi connectivity index (χ1v) is 8.10. The van der Waals surface area contributed by atoms with E-state index in [-0.39, 0.29) is 22.7 Å². The van der Waals surface area contributed by atoms with E-state index in [1.54, 1.807) is 7.05 Å². The Hall–Kier alpha value is -0.630. The van der Waals surface area contributed by atoms with Gasteiger partial charge in [0.15, 0.2) is 5.03 Å². The number of sulfonamides is 1. The fourth-order valence-corrected chi connectivity index (χ4v) is 4.75. The Morgan fingerprint density at radius 1 is 1.47 bits per heavy atom. The number of aliphatic hydroxyl groups excluding tert-OH is 1. The minimum absolute atomic E-state index is 0.00508. The maximum Gasteiger partial charge on any atom is 0.262 e. The second kappa shape index (κ2) is 5.78. The molecule has 1 atom stereocenters. The van der Waals surface area contributed by atoms with Gasteiger partial charge in [0.25, 0.3) is 10.0 Å². The van der Waals surface area contributed by atoms with Gasteiger partial charge in [-0.25, -0.2) is 8.42 Å². The van der Waals surface area contributed by atoms with E-state index in [1.165, 1.54) is 15.2 Å². The molecule has 19 heavy (non-hydrogen) atoms. The van der Waals surface area contributed by atoms with Crippen molar-refractivity contribution < 1.29 is 13.5 Å². The van der Waals surface area contributed by atoms with Crippen molar-refractivity contribution in [3.05, 3.63) is 11.2 Å². The molecule has 1 aliphatic rings. The third-order valence-electron chi connectivity index (χ3n) is 3.43. The van der Waals surface area contributed by atoms with Crippen LogP contribution in [0.25, 0.3) is 0 Å². The molecule has 2 heterocycles. The van der Waals surface area contributed by atoms with E-state index in [2.05, 4.69) is 5.10 Å². The Morgan fingerprint density at radius 3 is 2.79 bits per heavy atom. The average molecular weight is 308 g/mol. The van der Waals surface area contributed by atoms with Crippen LogP contribution in [0.15, 0.2) is 11.2 Å². The van der Waals surface area contributed by atoms with Crippen molar-refractivity contribution in [3.8, 4) is 0 Å². The van der Waals surface area contributed by atoms with Crippen molar-refractivity contribution in [2.75, 3.05) is 13.2 Å². The fourth-order valence-electron chi connectivity index (χ4n) is 2.45. The standard InChI is InChI=1S/C11H18ClN3O3S/c1-14-11(10(12)7-13-14)19(17,18)15-6-4-2-3-5-9(15)8-16/h7,9,16H,2-6,8H2,1H3. The van der Waals surface area contributed by atoms with Crippen molar-refractivity contribution in [1.82, 2.24) is 14.1 Å². The van der Waals surface area contributed by atoms with Gasteiger partial charge in [-0.15, -0.1) is 0 Å². The summed E-state index contributed by atoms with van der Waals surface area (Å²) in [4.78, 5) is 0.